The number of hydrogen-bond acceptors (Lipinski definition) is 6. The molecule has 0 spiro atoms. The molecule has 30 heavy (non-hydrogen) atoms. The monoisotopic (exact) mass is 461 g/mol. The van der Waals surface area contributed by atoms with Crippen molar-refractivity contribution in [3.05, 3.63) is 70.2 Å². The van der Waals surface area contributed by atoms with Crippen LogP contribution in [0.4, 0.5) is 11.4 Å². The fourth-order valence-electron chi connectivity index (χ4n) is 2.66. The number of anilines is 2. The standard InChI is InChI=1S/C21H23N3O3S3/c1-3-12-30(26,27)24-18-8-6-17(7-9-18)23-21(25)16-4-10-20(11-5-16)29-14-19-13-28-15(2)22-19/h4-11,13,24H,3,12,14H2,1-2H3,(H,23,25). The lowest BCUT2D eigenvalue weighted by Crippen LogP contribution is -2.16. The molecule has 0 aliphatic rings. The summed E-state index contributed by atoms with van der Waals surface area (Å²) in [5.74, 6) is 0.647. The van der Waals surface area contributed by atoms with Gasteiger partial charge in [-0.1, -0.05) is 6.92 Å². The minimum absolute atomic E-state index is 0.0726. The number of amides is 1. The van der Waals surface area contributed by atoms with Crippen LogP contribution < -0.4 is 10.0 Å². The van der Waals surface area contributed by atoms with E-state index in [2.05, 4.69) is 20.4 Å². The summed E-state index contributed by atoms with van der Waals surface area (Å²) < 4.78 is 26.2. The fraction of sp³-hybridized carbons (Fsp3) is 0.238. The van der Waals surface area contributed by atoms with Gasteiger partial charge in [0.15, 0.2) is 0 Å². The van der Waals surface area contributed by atoms with Crippen LogP contribution in [0.15, 0.2) is 58.8 Å². The minimum atomic E-state index is -3.33. The number of aryl methyl sites for hydroxylation is 1. The van der Waals surface area contributed by atoms with Crippen molar-refractivity contribution >= 4 is 50.4 Å². The second-order valence-corrected chi connectivity index (χ2v) is 10.6. The van der Waals surface area contributed by atoms with E-state index in [1.807, 2.05) is 26.0 Å². The maximum absolute atomic E-state index is 12.5. The fourth-order valence-corrected chi connectivity index (χ4v) is 5.30. The zero-order chi connectivity index (χ0) is 21.6. The van der Waals surface area contributed by atoms with Crippen molar-refractivity contribution in [3.8, 4) is 0 Å². The molecule has 0 unspecified atom stereocenters. The second-order valence-electron chi connectivity index (χ2n) is 6.62. The summed E-state index contributed by atoms with van der Waals surface area (Å²) in [6.45, 7) is 3.80. The molecule has 0 saturated carbocycles. The maximum atomic E-state index is 12.5. The summed E-state index contributed by atoms with van der Waals surface area (Å²) in [5.41, 5.74) is 2.68. The zero-order valence-corrected chi connectivity index (χ0v) is 19.2. The van der Waals surface area contributed by atoms with Crippen molar-refractivity contribution in [3.63, 3.8) is 0 Å². The van der Waals surface area contributed by atoms with E-state index in [0.717, 1.165) is 21.3 Å². The molecule has 1 heterocycles. The van der Waals surface area contributed by atoms with Crippen LogP contribution in [0.1, 0.15) is 34.4 Å². The Morgan fingerprint density at radius 2 is 1.73 bits per heavy atom. The third-order valence-electron chi connectivity index (χ3n) is 4.06. The van der Waals surface area contributed by atoms with Crippen LogP contribution in [-0.4, -0.2) is 25.1 Å². The smallest absolute Gasteiger partial charge is 0.255 e. The third kappa shape index (κ3) is 6.58. The number of aromatic nitrogens is 1. The van der Waals surface area contributed by atoms with Gasteiger partial charge in [0.1, 0.15) is 0 Å². The Labute approximate surface area is 185 Å². The quantitative estimate of drug-likeness (QED) is 0.430. The Bertz CT molecular complexity index is 1090. The number of nitrogens with zero attached hydrogens (tertiary/aromatic N) is 1. The van der Waals surface area contributed by atoms with E-state index in [-0.39, 0.29) is 11.7 Å². The topological polar surface area (TPSA) is 88.2 Å². The van der Waals surface area contributed by atoms with Gasteiger partial charge in [0, 0.05) is 33.0 Å². The molecule has 0 saturated heterocycles. The van der Waals surface area contributed by atoms with Gasteiger partial charge in [0.25, 0.3) is 5.91 Å². The SMILES string of the molecule is CCCS(=O)(=O)Nc1ccc(NC(=O)c2ccc(SCc3csc(C)n3)cc2)cc1. The molecular formula is C21H23N3O3S3. The molecule has 9 heteroatoms. The van der Waals surface area contributed by atoms with Crippen molar-refractivity contribution in [1.82, 2.24) is 4.98 Å². The van der Waals surface area contributed by atoms with Gasteiger partial charge in [0.05, 0.1) is 16.5 Å². The van der Waals surface area contributed by atoms with Crippen LogP contribution in [0.3, 0.4) is 0 Å². The Balaban J connectivity index is 1.55. The summed E-state index contributed by atoms with van der Waals surface area (Å²) in [7, 11) is -3.33. The van der Waals surface area contributed by atoms with Gasteiger partial charge >= 0.3 is 0 Å². The lowest BCUT2D eigenvalue weighted by Gasteiger charge is -2.09. The number of thioether (sulfide) groups is 1. The first kappa shape index (κ1) is 22.3. The van der Waals surface area contributed by atoms with Crippen molar-refractivity contribution in [2.45, 2.75) is 30.9 Å². The number of thiazole rings is 1. The van der Waals surface area contributed by atoms with Gasteiger partial charge in [-0.05, 0) is 61.9 Å². The maximum Gasteiger partial charge on any atom is 0.255 e. The highest BCUT2D eigenvalue weighted by Crippen LogP contribution is 2.24. The van der Waals surface area contributed by atoms with Crippen molar-refractivity contribution in [2.24, 2.45) is 0 Å². The molecular weight excluding hydrogens is 438 g/mol. The minimum Gasteiger partial charge on any atom is -0.322 e. The molecule has 0 radical (unpaired) electrons. The normalized spacial score (nSPS) is 11.3. The molecule has 1 amide bonds. The highest BCUT2D eigenvalue weighted by Gasteiger charge is 2.10. The Hall–Kier alpha value is -2.36. The summed E-state index contributed by atoms with van der Waals surface area (Å²) >= 11 is 3.32. The van der Waals surface area contributed by atoms with E-state index in [1.54, 1.807) is 59.5 Å². The molecule has 0 fully saturated rings. The van der Waals surface area contributed by atoms with Gasteiger partial charge in [-0.25, -0.2) is 13.4 Å². The van der Waals surface area contributed by atoms with E-state index in [4.69, 9.17) is 0 Å². The van der Waals surface area contributed by atoms with Crippen LogP contribution in [0.25, 0.3) is 0 Å². The molecule has 6 nitrogen and oxygen atoms in total. The van der Waals surface area contributed by atoms with Crippen LogP contribution in [-0.2, 0) is 15.8 Å². The van der Waals surface area contributed by atoms with E-state index < -0.39 is 10.0 Å². The predicted octanol–water partition coefficient (Wildman–Crippen LogP) is 5.15. The molecule has 2 N–H and O–H groups in total. The molecule has 1 aromatic heterocycles. The molecule has 0 aliphatic heterocycles. The summed E-state index contributed by atoms with van der Waals surface area (Å²) in [4.78, 5) is 18.0. The summed E-state index contributed by atoms with van der Waals surface area (Å²) in [5, 5.41) is 5.94. The van der Waals surface area contributed by atoms with Crippen molar-refractivity contribution < 1.29 is 13.2 Å². The first-order chi connectivity index (χ1) is 14.3. The van der Waals surface area contributed by atoms with E-state index in [0.29, 0.717) is 23.4 Å². The third-order valence-corrected chi connectivity index (χ3v) is 7.42. The molecule has 3 rings (SSSR count). The Morgan fingerprint density at radius 1 is 1.07 bits per heavy atom. The number of hydrogen-bond donors (Lipinski definition) is 2. The van der Waals surface area contributed by atoms with Gasteiger partial charge in [-0.15, -0.1) is 23.1 Å². The van der Waals surface area contributed by atoms with Gasteiger partial charge in [0.2, 0.25) is 10.0 Å². The predicted molar refractivity (Wildman–Crippen MR) is 125 cm³/mol. The van der Waals surface area contributed by atoms with E-state index in [1.165, 1.54) is 0 Å². The highest BCUT2D eigenvalue weighted by molar-refractivity contribution is 7.98. The molecule has 0 atom stereocenters. The largest absolute Gasteiger partial charge is 0.322 e. The number of nitrogens with one attached hydrogen (secondary N) is 2. The molecule has 0 bridgehead atoms. The summed E-state index contributed by atoms with van der Waals surface area (Å²) in [6.07, 6.45) is 0.547. The van der Waals surface area contributed by atoms with Gasteiger partial charge in [-0.3, -0.25) is 9.52 Å². The zero-order valence-electron chi connectivity index (χ0n) is 16.7. The van der Waals surface area contributed by atoms with Gasteiger partial charge in [-0.2, -0.15) is 0 Å². The van der Waals surface area contributed by atoms with Crippen molar-refractivity contribution in [1.29, 1.82) is 0 Å². The number of rotatable bonds is 9. The molecule has 158 valence electrons. The van der Waals surface area contributed by atoms with Crippen LogP contribution in [0.2, 0.25) is 0 Å². The molecule has 3 aromatic rings. The second kappa shape index (κ2) is 10.1. The van der Waals surface area contributed by atoms with Crippen LogP contribution in [0, 0.1) is 6.92 Å². The average Bonchev–Trinajstić information content (AvgIpc) is 3.13. The Morgan fingerprint density at radius 3 is 2.33 bits per heavy atom. The lowest BCUT2D eigenvalue weighted by atomic mass is 10.2. The van der Waals surface area contributed by atoms with E-state index >= 15 is 0 Å². The van der Waals surface area contributed by atoms with Crippen molar-refractivity contribution in [2.75, 3.05) is 15.8 Å². The van der Waals surface area contributed by atoms with Gasteiger partial charge < -0.3 is 5.32 Å². The summed E-state index contributed by atoms with van der Waals surface area (Å²) in [6, 6.07) is 14.0. The van der Waals surface area contributed by atoms with Crippen LogP contribution in [0.5, 0.6) is 0 Å². The number of benzene rings is 2. The Kier molecular flexibility index (Phi) is 7.52. The highest BCUT2D eigenvalue weighted by atomic mass is 32.2. The first-order valence-electron chi connectivity index (χ1n) is 9.40. The average molecular weight is 462 g/mol. The molecule has 2 aromatic carbocycles. The number of carbonyl (C=O) groups is 1. The number of sulfonamides is 1. The molecule has 0 aliphatic carbocycles. The number of carbonyl (C=O) groups excluding carboxylic acids is 1. The first-order valence-corrected chi connectivity index (χ1v) is 12.9. The van der Waals surface area contributed by atoms with Crippen LogP contribution >= 0.6 is 23.1 Å². The lowest BCUT2D eigenvalue weighted by molar-refractivity contribution is 0.102. The van der Waals surface area contributed by atoms with E-state index in [9.17, 15) is 13.2 Å².